The first-order chi connectivity index (χ1) is 10.5. The third-order valence-corrected chi connectivity index (χ3v) is 3.88. The molecule has 1 aliphatic rings. The topological polar surface area (TPSA) is 42.0 Å². The van der Waals surface area contributed by atoms with Gasteiger partial charge in [-0.2, -0.15) is 0 Å². The lowest BCUT2D eigenvalue weighted by Crippen LogP contribution is -2.48. The van der Waals surface area contributed by atoms with Crippen molar-refractivity contribution in [3.63, 3.8) is 0 Å². The van der Waals surface area contributed by atoms with E-state index in [0.717, 1.165) is 32.7 Å². The fourth-order valence-electron chi connectivity index (χ4n) is 2.60. The molecule has 0 N–H and O–H groups in total. The Balaban J connectivity index is 2.10. The van der Waals surface area contributed by atoms with E-state index < -0.39 is 0 Å². The van der Waals surface area contributed by atoms with Crippen molar-refractivity contribution in [2.75, 3.05) is 39.8 Å². The highest BCUT2D eigenvalue weighted by atomic mass is 16.5. The number of piperazine rings is 1. The van der Waals surface area contributed by atoms with Gasteiger partial charge in [0.05, 0.1) is 13.2 Å². The van der Waals surface area contributed by atoms with Gasteiger partial charge in [-0.1, -0.05) is 6.92 Å². The molecule has 0 aliphatic carbocycles. The normalized spacial score (nSPS) is 16.0. The summed E-state index contributed by atoms with van der Waals surface area (Å²) < 4.78 is 11.0. The van der Waals surface area contributed by atoms with Crippen molar-refractivity contribution in [2.24, 2.45) is 0 Å². The number of nitrogens with zero attached hydrogens (tertiary/aromatic N) is 2. The van der Waals surface area contributed by atoms with Crippen LogP contribution in [0.2, 0.25) is 0 Å². The van der Waals surface area contributed by atoms with Gasteiger partial charge >= 0.3 is 0 Å². The van der Waals surface area contributed by atoms with Crippen molar-refractivity contribution in [2.45, 2.75) is 26.9 Å². The number of ether oxygens (including phenoxy) is 2. The Labute approximate surface area is 132 Å². The average molecular weight is 306 g/mol. The second kappa shape index (κ2) is 7.49. The number of amides is 1. The van der Waals surface area contributed by atoms with Gasteiger partial charge in [-0.3, -0.25) is 4.79 Å². The molecular weight excluding hydrogens is 280 g/mol. The Bertz CT molecular complexity index is 509. The highest BCUT2D eigenvalue weighted by molar-refractivity contribution is 5.95. The summed E-state index contributed by atoms with van der Waals surface area (Å²) in [5.74, 6) is 1.33. The summed E-state index contributed by atoms with van der Waals surface area (Å²) >= 11 is 0. The van der Waals surface area contributed by atoms with Gasteiger partial charge in [-0.25, -0.2) is 0 Å². The van der Waals surface area contributed by atoms with Crippen LogP contribution in [-0.2, 0) is 0 Å². The number of likely N-dealkylation sites (N-methyl/N-ethyl adjacent to an activating group) is 1. The summed E-state index contributed by atoms with van der Waals surface area (Å²) in [6.45, 7) is 10.5. The van der Waals surface area contributed by atoms with Crippen molar-refractivity contribution in [3.05, 3.63) is 23.8 Å². The van der Waals surface area contributed by atoms with E-state index >= 15 is 0 Å². The van der Waals surface area contributed by atoms with E-state index in [4.69, 9.17) is 9.47 Å². The molecule has 0 aromatic heterocycles. The molecule has 1 saturated heterocycles. The van der Waals surface area contributed by atoms with Crippen LogP contribution in [0.1, 0.15) is 31.1 Å². The van der Waals surface area contributed by atoms with Crippen LogP contribution in [0, 0.1) is 0 Å². The number of hydrogen-bond donors (Lipinski definition) is 0. The quantitative estimate of drug-likeness (QED) is 0.837. The molecule has 5 nitrogen and oxygen atoms in total. The van der Waals surface area contributed by atoms with E-state index in [1.165, 1.54) is 0 Å². The largest absolute Gasteiger partial charge is 0.493 e. The zero-order valence-corrected chi connectivity index (χ0v) is 14.0. The summed E-state index contributed by atoms with van der Waals surface area (Å²) in [6, 6.07) is 5.40. The lowest BCUT2D eigenvalue weighted by Gasteiger charge is -2.34. The predicted molar refractivity (Wildman–Crippen MR) is 86.8 cm³/mol. The molecule has 1 aromatic carbocycles. The SMILES string of the molecule is CCN1CCN(C(=O)c2ccc(OC(C)C)c(OC)c2)CC1. The number of benzene rings is 1. The lowest BCUT2D eigenvalue weighted by molar-refractivity contribution is 0.0643. The first-order valence-corrected chi connectivity index (χ1v) is 7.91. The van der Waals surface area contributed by atoms with Crippen LogP contribution in [-0.4, -0.2) is 61.6 Å². The Morgan fingerprint density at radius 2 is 1.86 bits per heavy atom. The van der Waals surface area contributed by atoms with Crippen molar-refractivity contribution in [1.82, 2.24) is 9.80 Å². The van der Waals surface area contributed by atoms with Gasteiger partial charge in [0.15, 0.2) is 11.5 Å². The number of carbonyl (C=O) groups is 1. The van der Waals surface area contributed by atoms with Crippen LogP contribution < -0.4 is 9.47 Å². The summed E-state index contributed by atoms with van der Waals surface area (Å²) in [6.07, 6.45) is 0.0672. The Morgan fingerprint density at radius 1 is 1.18 bits per heavy atom. The van der Waals surface area contributed by atoms with E-state index in [1.807, 2.05) is 30.9 Å². The molecule has 0 bridgehead atoms. The third kappa shape index (κ3) is 3.91. The molecule has 0 saturated carbocycles. The molecule has 1 aromatic rings. The number of carbonyl (C=O) groups excluding carboxylic acids is 1. The highest BCUT2D eigenvalue weighted by Gasteiger charge is 2.22. The summed E-state index contributed by atoms with van der Waals surface area (Å²) in [4.78, 5) is 16.9. The summed E-state index contributed by atoms with van der Waals surface area (Å²) in [7, 11) is 1.59. The van der Waals surface area contributed by atoms with E-state index in [-0.39, 0.29) is 12.0 Å². The third-order valence-electron chi connectivity index (χ3n) is 3.88. The van der Waals surface area contributed by atoms with Gasteiger partial charge in [0.2, 0.25) is 0 Å². The number of hydrogen-bond acceptors (Lipinski definition) is 4. The standard InChI is InChI=1S/C17H26N2O3/c1-5-18-8-10-19(11-9-18)17(20)14-6-7-15(22-13(2)3)16(12-14)21-4/h6-7,12-13H,5,8-11H2,1-4H3. The molecule has 0 spiro atoms. The van der Waals surface area contributed by atoms with Gasteiger partial charge in [0.1, 0.15) is 0 Å². The van der Waals surface area contributed by atoms with Gasteiger partial charge in [-0.15, -0.1) is 0 Å². The van der Waals surface area contributed by atoms with Crippen LogP contribution in [0.15, 0.2) is 18.2 Å². The molecule has 1 fully saturated rings. The molecule has 22 heavy (non-hydrogen) atoms. The summed E-state index contributed by atoms with van der Waals surface area (Å²) in [5.41, 5.74) is 0.651. The number of methoxy groups -OCH3 is 1. The molecule has 1 aliphatic heterocycles. The minimum absolute atomic E-state index is 0.0603. The Kier molecular flexibility index (Phi) is 5.66. The first kappa shape index (κ1) is 16.6. The minimum atomic E-state index is 0.0603. The van der Waals surface area contributed by atoms with E-state index in [9.17, 15) is 4.79 Å². The minimum Gasteiger partial charge on any atom is -0.493 e. The first-order valence-electron chi connectivity index (χ1n) is 7.91. The molecule has 122 valence electrons. The molecule has 0 radical (unpaired) electrons. The molecule has 1 heterocycles. The second-order valence-corrected chi connectivity index (χ2v) is 5.76. The smallest absolute Gasteiger partial charge is 0.254 e. The second-order valence-electron chi connectivity index (χ2n) is 5.76. The van der Waals surface area contributed by atoms with Crippen LogP contribution >= 0.6 is 0 Å². The van der Waals surface area contributed by atoms with Crippen molar-refractivity contribution < 1.29 is 14.3 Å². The van der Waals surface area contributed by atoms with Crippen LogP contribution in [0.25, 0.3) is 0 Å². The zero-order valence-electron chi connectivity index (χ0n) is 14.0. The average Bonchev–Trinajstić information content (AvgIpc) is 2.54. The number of rotatable bonds is 5. The maximum Gasteiger partial charge on any atom is 0.254 e. The van der Waals surface area contributed by atoms with Gasteiger partial charge in [0, 0.05) is 31.7 Å². The molecule has 5 heteroatoms. The van der Waals surface area contributed by atoms with E-state index in [2.05, 4.69) is 11.8 Å². The van der Waals surface area contributed by atoms with E-state index in [1.54, 1.807) is 13.2 Å². The fraction of sp³-hybridized carbons (Fsp3) is 0.588. The monoisotopic (exact) mass is 306 g/mol. The maximum absolute atomic E-state index is 12.6. The van der Waals surface area contributed by atoms with Crippen molar-refractivity contribution >= 4 is 5.91 Å². The predicted octanol–water partition coefficient (Wildman–Crippen LogP) is 2.26. The Hall–Kier alpha value is -1.75. The zero-order chi connectivity index (χ0) is 16.1. The van der Waals surface area contributed by atoms with Crippen LogP contribution in [0.4, 0.5) is 0 Å². The van der Waals surface area contributed by atoms with Gasteiger partial charge < -0.3 is 19.3 Å². The Morgan fingerprint density at radius 3 is 2.41 bits per heavy atom. The molecule has 0 unspecified atom stereocenters. The molecular formula is C17H26N2O3. The molecule has 0 atom stereocenters. The van der Waals surface area contributed by atoms with Crippen LogP contribution in [0.3, 0.4) is 0 Å². The van der Waals surface area contributed by atoms with Gasteiger partial charge in [0.25, 0.3) is 5.91 Å². The van der Waals surface area contributed by atoms with Crippen molar-refractivity contribution in [3.8, 4) is 11.5 Å². The lowest BCUT2D eigenvalue weighted by atomic mass is 10.1. The van der Waals surface area contributed by atoms with Crippen LogP contribution in [0.5, 0.6) is 11.5 Å². The fourth-order valence-corrected chi connectivity index (χ4v) is 2.60. The highest BCUT2D eigenvalue weighted by Crippen LogP contribution is 2.29. The molecule has 1 amide bonds. The van der Waals surface area contributed by atoms with Crippen molar-refractivity contribution in [1.29, 1.82) is 0 Å². The van der Waals surface area contributed by atoms with E-state index in [0.29, 0.717) is 17.1 Å². The summed E-state index contributed by atoms with van der Waals surface area (Å²) in [5, 5.41) is 0. The molecule has 2 rings (SSSR count). The maximum atomic E-state index is 12.6. The van der Waals surface area contributed by atoms with Gasteiger partial charge in [-0.05, 0) is 38.6 Å².